The van der Waals surface area contributed by atoms with Gasteiger partial charge in [-0.05, 0) is 26.7 Å². The summed E-state index contributed by atoms with van der Waals surface area (Å²) in [5.74, 6) is -0.441. The highest BCUT2D eigenvalue weighted by Gasteiger charge is 2.39. The van der Waals surface area contributed by atoms with Crippen molar-refractivity contribution in [3.05, 3.63) is 0 Å². The molecule has 0 saturated carbocycles. The van der Waals surface area contributed by atoms with Crippen molar-refractivity contribution in [3.8, 4) is 0 Å². The number of methoxy groups -OCH3 is 1. The van der Waals surface area contributed by atoms with Gasteiger partial charge in [0.25, 0.3) is 0 Å². The lowest BCUT2D eigenvalue weighted by atomic mass is 9.81. The van der Waals surface area contributed by atoms with Crippen molar-refractivity contribution in [3.63, 3.8) is 0 Å². The lowest BCUT2D eigenvalue weighted by Gasteiger charge is -2.31. The normalized spacial score (nSPS) is 16.3. The van der Waals surface area contributed by atoms with E-state index >= 15 is 0 Å². The maximum absolute atomic E-state index is 11.7. The van der Waals surface area contributed by atoms with Gasteiger partial charge in [-0.2, -0.15) is 0 Å². The first-order chi connectivity index (χ1) is 6.73. The number of hydrogen-bond donors (Lipinski definition) is 1. The average Bonchev–Trinajstić information content (AvgIpc) is 2.15. The monoisotopic (exact) mass is 218 g/mol. The van der Waals surface area contributed by atoms with Gasteiger partial charge < -0.3 is 14.6 Å². The molecule has 90 valence electrons. The number of aliphatic hydroxyl groups is 1. The number of ether oxygens (including phenoxy) is 2. The average molecular weight is 218 g/mol. The first kappa shape index (κ1) is 14.4. The molecule has 0 radical (unpaired) electrons. The third kappa shape index (κ3) is 3.80. The zero-order chi connectivity index (χ0) is 12.2. The predicted octanol–water partition coefficient (Wildman–Crippen LogP) is 1.57. The zero-order valence-electron chi connectivity index (χ0n) is 10.4. The van der Waals surface area contributed by atoms with Crippen LogP contribution in [0.1, 0.15) is 34.6 Å². The number of rotatable bonds is 5. The van der Waals surface area contributed by atoms with Crippen molar-refractivity contribution < 1.29 is 19.4 Å². The molecule has 0 aliphatic heterocycles. The van der Waals surface area contributed by atoms with Gasteiger partial charge in [-0.3, -0.25) is 4.79 Å². The van der Waals surface area contributed by atoms with E-state index in [9.17, 15) is 9.90 Å². The molecule has 0 aromatic heterocycles. The summed E-state index contributed by atoms with van der Waals surface area (Å²) in [7, 11) is 1.46. The van der Waals surface area contributed by atoms with Crippen LogP contribution in [0.3, 0.4) is 0 Å². The number of hydrogen-bond acceptors (Lipinski definition) is 4. The molecule has 15 heavy (non-hydrogen) atoms. The van der Waals surface area contributed by atoms with Crippen LogP contribution in [-0.4, -0.2) is 30.6 Å². The Morgan fingerprint density at radius 1 is 1.27 bits per heavy atom. The minimum atomic E-state index is -0.916. The van der Waals surface area contributed by atoms with Crippen molar-refractivity contribution in [2.45, 2.75) is 47.0 Å². The summed E-state index contributed by atoms with van der Waals surface area (Å²) < 4.78 is 9.85. The van der Waals surface area contributed by atoms with Crippen molar-refractivity contribution in [1.82, 2.24) is 0 Å². The lowest BCUT2D eigenvalue weighted by molar-refractivity contribution is -0.187. The molecule has 0 fully saturated rings. The molecule has 0 bridgehead atoms. The van der Waals surface area contributed by atoms with Crippen LogP contribution in [0, 0.1) is 11.3 Å². The molecule has 0 aliphatic carbocycles. The van der Waals surface area contributed by atoms with Crippen LogP contribution in [-0.2, 0) is 14.3 Å². The van der Waals surface area contributed by atoms with E-state index in [4.69, 9.17) is 9.47 Å². The second-order valence-corrected chi connectivity index (χ2v) is 4.62. The van der Waals surface area contributed by atoms with Crippen LogP contribution in [0.2, 0.25) is 0 Å². The molecular weight excluding hydrogens is 196 g/mol. The first-order valence-corrected chi connectivity index (χ1v) is 5.15. The SMILES string of the molecule is COC(C)OC(=O)C(C)(C)C(O)C(C)C. The molecule has 2 unspecified atom stereocenters. The van der Waals surface area contributed by atoms with Crippen LogP contribution in [0.5, 0.6) is 0 Å². The summed E-state index contributed by atoms with van der Waals surface area (Å²) in [6, 6.07) is 0. The van der Waals surface area contributed by atoms with Gasteiger partial charge in [0.15, 0.2) is 6.29 Å². The maximum atomic E-state index is 11.7. The summed E-state index contributed by atoms with van der Waals surface area (Å²) in [4.78, 5) is 11.7. The van der Waals surface area contributed by atoms with Crippen LogP contribution in [0.4, 0.5) is 0 Å². The Hall–Kier alpha value is -0.610. The van der Waals surface area contributed by atoms with E-state index in [1.807, 2.05) is 13.8 Å². The van der Waals surface area contributed by atoms with E-state index in [-0.39, 0.29) is 5.92 Å². The summed E-state index contributed by atoms with van der Waals surface area (Å²) >= 11 is 0. The Balaban J connectivity index is 4.51. The molecule has 0 amide bonds. The third-order valence-corrected chi connectivity index (χ3v) is 2.50. The van der Waals surface area contributed by atoms with Gasteiger partial charge in [-0.15, -0.1) is 0 Å². The van der Waals surface area contributed by atoms with Crippen molar-refractivity contribution in [2.24, 2.45) is 11.3 Å². The largest absolute Gasteiger partial charge is 0.436 e. The Morgan fingerprint density at radius 2 is 1.73 bits per heavy atom. The molecule has 0 heterocycles. The molecule has 0 aromatic carbocycles. The third-order valence-electron chi connectivity index (χ3n) is 2.50. The summed E-state index contributed by atoms with van der Waals surface area (Å²) in [5, 5.41) is 9.87. The van der Waals surface area contributed by atoms with Crippen molar-refractivity contribution in [2.75, 3.05) is 7.11 Å². The molecule has 1 N–H and O–H groups in total. The van der Waals surface area contributed by atoms with E-state index in [0.29, 0.717) is 0 Å². The summed E-state index contributed by atoms with van der Waals surface area (Å²) in [6.45, 7) is 8.69. The molecule has 4 nitrogen and oxygen atoms in total. The minimum Gasteiger partial charge on any atom is -0.436 e. The number of carbonyl (C=O) groups is 1. The smallest absolute Gasteiger partial charge is 0.316 e. The van der Waals surface area contributed by atoms with Crippen LogP contribution in [0.15, 0.2) is 0 Å². The fourth-order valence-corrected chi connectivity index (χ4v) is 1.30. The zero-order valence-corrected chi connectivity index (χ0v) is 10.4. The highest BCUT2D eigenvalue weighted by atomic mass is 16.7. The van der Waals surface area contributed by atoms with Crippen LogP contribution < -0.4 is 0 Å². The number of aliphatic hydroxyl groups excluding tert-OH is 1. The molecule has 0 saturated heterocycles. The number of esters is 1. The van der Waals surface area contributed by atoms with E-state index in [0.717, 1.165) is 0 Å². The molecular formula is C11H22O4. The second kappa shape index (κ2) is 5.47. The molecule has 2 atom stereocenters. The molecule has 0 aromatic rings. The van der Waals surface area contributed by atoms with E-state index in [1.165, 1.54) is 7.11 Å². The van der Waals surface area contributed by atoms with Crippen LogP contribution >= 0.6 is 0 Å². The lowest BCUT2D eigenvalue weighted by Crippen LogP contribution is -2.42. The Labute approximate surface area is 91.6 Å². The molecule has 0 spiro atoms. The highest BCUT2D eigenvalue weighted by Crippen LogP contribution is 2.28. The first-order valence-electron chi connectivity index (χ1n) is 5.15. The summed E-state index contributed by atoms with van der Waals surface area (Å²) in [6.07, 6.45) is -1.31. The van der Waals surface area contributed by atoms with Gasteiger partial charge >= 0.3 is 5.97 Å². The quantitative estimate of drug-likeness (QED) is 0.562. The molecule has 0 rings (SSSR count). The van der Waals surface area contributed by atoms with E-state index in [2.05, 4.69) is 0 Å². The number of carbonyl (C=O) groups excluding carboxylic acids is 1. The highest BCUT2D eigenvalue weighted by molar-refractivity contribution is 5.76. The molecule has 4 heteroatoms. The second-order valence-electron chi connectivity index (χ2n) is 4.62. The minimum absolute atomic E-state index is 0.00500. The fourth-order valence-electron chi connectivity index (χ4n) is 1.30. The van der Waals surface area contributed by atoms with Gasteiger partial charge in [0.1, 0.15) is 0 Å². The molecule has 0 aliphatic rings. The maximum Gasteiger partial charge on any atom is 0.316 e. The topological polar surface area (TPSA) is 55.8 Å². The van der Waals surface area contributed by atoms with Gasteiger partial charge in [0, 0.05) is 7.11 Å². The van der Waals surface area contributed by atoms with Crippen molar-refractivity contribution in [1.29, 1.82) is 0 Å². The van der Waals surface area contributed by atoms with Gasteiger partial charge in [-0.25, -0.2) is 0 Å². The van der Waals surface area contributed by atoms with Gasteiger partial charge in [0.05, 0.1) is 11.5 Å². The van der Waals surface area contributed by atoms with E-state index < -0.39 is 23.8 Å². The fraction of sp³-hybridized carbons (Fsp3) is 0.909. The van der Waals surface area contributed by atoms with Crippen molar-refractivity contribution >= 4 is 5.97 Å². The Kier molecular flexibility index (Phi) is 5.24. The van der Waals surface area contributed by atoms with Crippen LogP contribution in [0.25, 0.3) is 0 Å². The van der Waals surface area contributed by atoms with Gasteiger partial charge in [-0.1, -0.05) is 13.8 Å². The van der Waals surface area contributed by atoms with Gasteiger partial charge in [0.2, 0.25) is 0 Å². The Bertz CT molecular complexity index is 211. The summed E-state index contributed by atoms with van der Waals surface area (Å²) in [5.41, 5.74) is -0.916. The Morgan fingerprint density at radius 3 is 2.07 bits per heavy atom. The standard InChI is InChI=1S/C11H22O4/c1-7(2)9(12)11(4,5)10(13)15-8(3)14-6/h7-9,12H,1-6H3. The van der Waals surface area contributed by atoms with E-state index in [1.54, 1.807) is 20.8 Å². The predicted molar refractivity (Wildman–Crippen MR) is 57.2 cm³/mol.